The molecule has 4 nitrogen and oxygen atoms in total. The predicted octanol–water partition coefficient (Wildman–Crippen LogP) is -7.40. The Bertz CT molecular complexity index is 12.0. The molecule has 0 spiro atoms. The number of hydrogen-bond acceptors (Lipinski definition) is 2. The average Bonchev–Trinajstić information content (AvgIpc) is 1.00. The smallest absolute Gasteiger partial charge is 1.00 e. The predicted molar refractivity (Wildman–Crippen MR) is 14.7 cm³/mol. The molecule has 6 heavy (non-hydrogen) atoms. The third-order valence-corrected chi connectivity index (χ3v) is 0. The Morgan fingerprint density at radius 3 is 0.833 bits per heavy atom. The maximum absolute atomic E-state index is 6.00. The molecule has 0 aromatic carbocycles. The molecule has 0 radical (unpaired) electrons. The molecular weight excluding hydrogens is 110 g/mol. The monoisotopic (exact) mass is 118 g/mol. The quantitative estimate of drug-likeness (QED) is 0.187. The molecule has 0 bridgehead atoms. The standard InChI is InChI=1S/2Na.H2O2.2H2O.2H/c;;1-2;;;;/h;;1-2H;2*1H2;;/q2*+1;;;;2*-1. The van der Waals surface area contributed by atoms with E-state index in [4.69, 9.17) is 10.5 Å². The van der Waals surface area contributed by atoms with Crippen LogP contribution < -0.4 is 59.1 Å². The summed E-state index contributed by atoms with van der Waals surface area (Å²) >= 11 is 0. The maximum Gasteiger partial charge on any atom is 1.00 e. The van der Waals surface area contributed by atoms with Crippen LogP contribution in [-0.2, 0) is 0 Å². The first-order valence-electron chi connectivity index (χ1n) is 0.200. The van der Waals surface area contributed by atoms with Crippen molar-refractivity contribution in [2.24, 2.45) is 0 Å². The second-order valence-electron chi connectivity index (χ2n) is 0. The molecule has 0 aliphatic rings. The molecule has 0 atom stereocenters. The van der Waals surface area contributed by atoms with Gasteiger partial charge in [0.15, 0.2) is 0 Å². The summed E-state index contributed by atoms with van der Waals surface area (Å²) in [5, 5.41) is 12.0. The van der Waals surface area contributed by atoms with E-state index in [-0.39, 0.29) is 72.9 Å². The second-order valence-corrected chi connectivity index (χ2v) is 0. The molecule has 0 rings (SSSR count). The first-order valence-corrected chi connectivity index (χ1v) is 0.200. The number of hydrogen-bond donors (Lipinski definition) is 2. The first kappa shape index (κ1) is 45.5. The summed E-state index contributed by atoms with van der Waals surface area (Å²) in [7, 11) is 0. The van der Waals surface area contributed by atoms with E-state index in [9.17, 15) is 0 Å². The Morgan fingerprint density at radius 1 is 0.833 bits per heavy atom. The van der Waals surface area contributed by atoms with Crippen LogP contribution in [0, 0.1) is 0 Å². The zero-order chi connectivity index (χ0) is 2.00. The van der Waals surface area contributed by atoms with Crippen LogP contribution in [0.4, 0.5) is 0 Å². The average molecular weight is 118 g/mol. The van der Waals surface area contributed by atoms with Crippen LogP contribution in [0.5, 0.6) is 0 Å². The molecule has 6 N–H and O–H groups in total. The molecule has 0 fully saturated rings. The summed E-state index contributed by atoms with van der Waals surface area (Å²) in [6.45, 7) is 0. The van der Waals surface area contributed by atoms with Crippen LogP contribution in [0.25, 0.3) is 0 Å². The Labute approximate surface area is 82.6 Å². The van der Waals surface area contributed by atoms with Gasteiger partial charge in [0.1, 0.15) is 0 Å². The third-order valence-electron chi connectivity index (χ3n) is 0. The van der Waals surface area contributed by atoms with E-state index < -0.39 is 0 Å². The van der Waals surface area contributed by atoms with Gasteiger partial charge in [-0.25, -0.2) is 0 Å². The van der Waals surface area contributed by atoms with Gasteiger partial charge < -0.3 is 13.8 Å². The molecule has 0 aromatic rings. The number of rotatable bonds is 0. The molecule has 0 saturated carbocycles. The Balaban J connectivity index is -0.000000000333. The van der Waals surface area contributed by atoms with E-state index in [1.54, 1.807) is 0 Å². The van der Waals surface area contributed by atoms with Crippen molar-refractivity contribution in [3.63, 3.8) is 0 Å². The summed E-state index contributed by atoms with van der Waals surface area (Å²) in [4.78, 5) is 0. The molecule has 0 amide bonds. The van der Waals surface area contributed by atoms with E-state index >= 15 is 0 Å². The van der Waals surface area contributed by atoms with E-state index in [1.807, 2.05) is 0 Å². The van der Waals surface area contributed by atoms with E-state index in [2.05, 4.69) is 0 Å². The minimum Gasteiger partial charge on any atom is -1.00 e. The Hall–Kier alpha value is 1.84. The van der Waals surface area contributed by atoms with E-state index in [0.717, 1.165) is 0 Å². The van der Waals surface area contributed by atoms with Crippen molar-refractivity contribution in [2.75, 3.05) is 0 Å². The minimum absolute atomic E-state index is 0. The van der Waals surface area contributed by atoms with Gasteiger partial charge in [0.25, 0.3) is 0 Å². The fraction of sp³-hybridized carbons (Fsp3) is 0. The molecule has 0 unspecified atom stereocenters. The van der Waals surface area contributed by atoms with Gasteiger partial charge in [0, 0.05) is 0 Å². The summed E-state index contributed by atoms with van der Waals surface area (Å²) in [5.74, 6) is 0. The summed E-state index contributed by atoms with van der Waals surface area (Å²) in [5.41, 5.74) is 0. The third kappa shape index (κ3) is 40.4. The van der Waals surface area contributed by atoms with Gasteiger partial charge in [-0.2, -0.15) is 0 Å². The molecule has 0 saturated heterocycles. The van der Waals surface area contributed by atoms with E-state index in [0.29, 0.717) is 0 Å². The largest absolute Gasteiger partial charge is 1.00 e. The van der Waals surface area contributed by atoms with Gasteiger partial charge in [-0.3, -0.25) is 10.5 Å². The van der Waals surface area contributed by atoms with Crippen LogP contribution >= 0.6 is 0 Å². The molecular formula is H8Na2O4. The Kier molecular flexibility index (Phi) is 522. The van der Waals surface area contributed by atoms with Gasteiger partial charge in [-0.15, -0.1) is 0 Å². The van der Waals surface area contributed by atoms with Crippen molar-refractivity contribution in [3.05, 3.63) is 0 Å². The van der Waals surface area contributed by atoms with Crippen molar-refractivity contribution in [1.29, 1.82) is 0 Å². The van der Waals surface area contributed by atoms with Gasteiger partial charge >= 0.3 is 59.1 Å². The summed E-state index contributed by atoms with van der Waals surface area (Å²) in [6.07, 6.45) is 0. The molecule has 6 heteroatoms. The Morgan fingerprint density at radius 2 is 0.833 bits per heavy atom. The van der Waals surface area contributed by atoms with Crippen LogP contribution in [0.1, 0.15) is 2.85 Å². The molecule has 0 aromatic heterocycles. The first-order chi connectivity index (χ1) is 1.00. The van der Waals surface area contributed by atoms with Gasteiger partial charge in [0.2, 0.25) is 0 Å². The summed E-state index contributed by atoms with van der Waals surface area (Å²) < 4.78 is 0. The zero-order valence-electron chi connectivity index (χ0n) is 5.89. The second kappa shape index (κ2) is 68.9. The molecule has 0 heterocycles. The van der Waals surface area contributed by atoms with Gasteiger partial charge in [-0.05, 0) is 0 Å². The van der Waals surface area contributed by atoms with Crippen LogP contribution in [0.2, 0.25) is 0 Å². The maximum atomic E-state index is 6.00. The van der Waals surface area contributed by atoms with Crippen molar-refractivity contribution in [2.45, 2.75) is 0 Å². The normalized spacial score (nSPS) is 1.00. The fourth-order valence-corrected chi connectivity index (χ4v) is 0. The van der Waals surface area contributed by atoms with Crippen molar-refractivity contribution < 1.29 is 83.4 Å². The summed E-state index contributed by atoms with van der Waals surface area (Å²) in [6, 6.07) is 0. The van der Waals surface area contributed by atoms with Crippen molar-refractivity contribution >= 4 is 0 Å². The van der Waals surface area contributed by atoms with Crippen LogP contribution in [0.15, 0.2) is 0 Å². The van der Waals surface area contributed by atoms with Crippen LogP contribution in [0.3, 0.4) is 0 Å². The van der Waals surface area contributed by atoms with Crippen molar-refractivity contribution in [3.8, 4) is 0 Å². The topological polar surface area (TPSA) is 103 Å². The van der Waals surface area contributed by atoms with Crippen LogP contribution in [-0.4, -0.2) is 21.5 Å². The van der Waals surface area contributed by atoms with Gasteiger partial charge in [-0.1, -0.05) is 0 Å². The zero-order valence-corrected chi connectivity index (χ0v) is 7.89. The fourth-order valence-electron chi connectivity index (χ4n) is 0. The molecule has 34 valence electrons. The SMILES string of the molecule is O.O.OO.[H-].[H-].[Na+].[Na+]. The van der Waals surface area contributed by atoms with Crippen molar-refractivity contribution in [1.82, 2.24) is 0 Å². The van der Waals surface area contributed by atoms with Gasteiger partial charge in [0.05, 0.1) is 0 Å². The minimum atomic E-state index is 0. The molecule has 0 aliphatic carbocycles. The molecule has 0 aliphatic heterocycles. The van der Waals surface area contributed by atoms with E-state index in [1.165, 1.54) is 0 Å².